The summed E-state index contributed by atoms with van der Waals surface area (Å²) in [4.78, 5) is 22.8. The second-order valence-corrected chi connectivity index (χ2v) is 4.63. The fraction of sp³-hybridized carbons (Fsp3) is 0.667. The molecule has 0 bridgehead atoms. The number of hydrogen-bond donors (Lipinski definition) is 2. The zero-order valence-corrected chi connectivity index (χ0v) is 9.77. The molecule has 1 aliphatic carbocycles. The number of amides is 1. The Kier molecular flexibility index (Phi) is 4.52. The van der Waals surface area contributed by atoms with Crippen LogP contribution in [0.5, 0.6) is 0 Å². The van der Waals surface area contributed by atoms with Gasteiger partial charge in [0.2, 0.25) is 5.91 Å². The van der Waals surface area contributed by atoms with Crippen molar-refractivity contribution >= 4 is 11.9 Å². The molecular weight excluding hydrogens is 206 g/mol. The smallest absolute Gasteiger partial charge is 0.307 e. The van der Waals surface area contributed by atoms with Gasteiger partial charge in [-0.1, -0.05) is 26.0 Å². The van der Waals surface area contributed by atoms with Gasteiger partial charge in [0, 0.05) is 6.54 Å². The van der Waals surface area contributed by atoms with Crippen molar-refractivity contribution in [3.8, 4) is 0 Å². The zero-order valence-electron chi connectivity index (χ0n) is 9.77. The van der Waals surface area contributed by atoms with Crippen LogP contribution in [0, 0.1) is 17.8 Å². The molecule has 0 aromatic rings. The van der Waals surface area contributed by atoms with Crippen LogP contribution >= 0.6 is 0 Å². The Bertz CT molecular complexity index is 297. The molecule has 0 fully saturated rings. The van der Waals surface area contributed by atoms with Crippen LogP contribution in [0.2, 0.25) is 0 Å². The molecule has 0 aromatic carbocycles. The SMILES string of the molecule is CC(C)CNC(=O)C1CC=CCC1C(=O)O. The van der Waals surface area contributed by atoms with Crippen molar-refractivity contribution in [1.82, 2.24) is 5.32 Å². The van der Waals surface area contributed by atoms with Gasteiger partial charge in [0.05, 0.1) is 11.8 Å². The second-order valence-electron chi connectivity index (χ2n) is 4.63. The molecule has 0 heterocycles. The summed E-state index contributed by atoms with van der Waals surface area (Å²) in [5, 5.41) is 11.8. The number of carboxylic acid groups (broad SMARTS) is 1. The van der Waals surface area contributed by atoms with Crippen LogP contribution < -0.4 is 5.32 Å². The van der Waals surface area contributed by atoms with E-state index in [-0.39, 0.29) is 5.91 Å². The largest absolute Gasteiger partial charge is 0.481 e. The average Bonchev–Trinajstić information content (AvgIpc) is 2.25. The van der Waals surface area contributed by atoms with E-state index in [0.29, 0.717) is 25.3 Å². The van der Waals surface area contributed by atoms with Crippen molar-refractivity contribution < 1.29 is 14.7 Å². The molecule has 0 radical (unpaired) electrons. The third-order valence-corrected chi connectivity index (χ3v) is 2.77. The lowest BCUT2D eigenvalue weighted by molar-refractivity contribution is -0.147. The molecule has 0 spiro atoms. The quantitative estimate of drug-likeness (QED) is 0.711. The number of carbonyl (C=O) groups is 2. The van der Waals surface area contributed by atoms with Gasteiger partial charge in [0.15, 0.2) is 0 Å². The van der Waals surface area contributed by atoms with Gasteiger partial charge in [-0.3, -0.25) is 9.59 Å². The molecule has 0 saturated carbocycles. The highest BCUT2D eigenvalue weighted by Gasteiger charge is 2.33. The number of carbonyl (C=O) groups excluding carboxylic acids is 1. The van der Waals surface area contributed by atoms with Gasteiger partial charge in [-0.05, 0) is 18.8 Å². The molecule has 0 saturated heterocycles. The predicted octanol–water partition coefficient (Wildman–Crippen LogP) is 1.43. The lowest BCUT2D eigenvalue weighted by Crippen LogP contribution is -2.40. The van der Waals surface area contributed by atoms with Crippen LogP contribution in [-0.4, -0.2) is 23.5 Å². The van der Waals surface area contributed by atoms with E-state index in [9.17, 15) is 9.59 Å². The zero-order chi connectivity index (χ0) is 12.1. The number of aliphatic carboxylic acids is 1. The summed E-state index contributed by atoms with van der Waals surface area (Å²) in [6, 6.07) is 0. The molecule has 1 rings (SSSR count). The van der Waals surface area contributed by atoms with Gasteiger partial charge in [-0.15, -0.1) is 0 Å². The fourth-order valence-electron chi connectivity index (χ4n) is 1.81. The molecule has 4 nitrogen and oxygen atoms in total. The topological polar surface area (TPSA) is 66.4 Å². The van der Waals surface area contributed by atoms with Crippen molar-refractivity contribution in [3.05, 3.63) is 12.2 Å². The van der Waals surface area contributed by atoms with Crippen LogP contribution in [0.15, 0.2) is 12.2 Å². The van der Waals surface area contributed by atoms with Crippen LogP contribution in [-0.2, 0) is 9.59 Å². The number of rotatable bonds is 4. The fourth-order valence-corrected chi connectivity index (χ4v) is 1.81. The lowest BCUT2D eigenvalue weighted by atomic mass is 9.82. The maximum Gasteiger partial charge on any atom is 0.307 e. The molecule has 4 heteroatoms. The summed E-state index contributed by atoms with van der Waals surface area (Å²) in [5.41, 5.74) is 0. The molecule has 0 aliphatic heterocycles. The molecule has 1 amide bonds. The Hall–Kier alpha value is -1.32. The summed E-state index contributed by atoms with van der Waals surface area (Å²) in [5.74, 6) is -1.62. The van der Waals surface area contributed by atoms with E-state index < -0.39 is 17.8 Å². The summed E-state index contributed by atoms with van der Waals surface area (Å²) in [6.07, 6.45) is 4.71. The molecule has 1 aliphatic rings. The van der Waals surface area contributed by atoms with Gasteiger partial charge >= 0.3 is 5.97 Å². The molecule has 90 valence electrons. The summed E-state index contributed by atoms with van der Waals surface area (Å²) in [6.45, 7) is 4.62. The van der Waals surface area contributed by atoms with Crippen LogP contribution in [0.4, 0.5) is 0 Å². The van der Waals surface area contributed by atoms with E-state index in [2.05, 4.69) is 5.32 Å². The molecule has 2 unspecified atom stereocenters. The van der Waals surface area contributed by atoms with Crippen molar-refractivity contribution in [2.75, 3.05) is 6.54 Å². The molecular formula is C12H19NO3. The first-order valence-corrected chi connectivity index (χ1v) is 5.68. The highest BCUT2D eigenvalue weighted by molar-refractivity contribution is 5.85. The summed E-state index contributed by atoms with van der Waals surface area (Å²) >= 11 is 0. The number of carboxylic acids is 1. The summed E-state index contributed by atoms with van der Waals surface area (Å²) < 4.78 is 0. The third kappa shape index (κ3) is 3.36. The molecule has 2 atom stereocenters. The minimum atomic E-state index is -0.881. The Morgan fingerprint density at radius 2 is 1.88 bits per heavy atom. The Morgan fingerprint density at radius 1 is 1.31 bits per heavy atom. The van der Waals surface area contributed by atoms with Gasteiger partial charge in [-0.2, -0.15) is 0 Å². The number of allylic oxidation sites excluding steroid dienone is 2. The first-order valence-electron chi connectivity index (χ1n) is 5.68. The minimum Gasteiger partial charge on any atom is -0.481 e. The van der Waals surface area contributed by atoms with Crippen LogP contribution in [0.3, 0.4) is 0 Å². The Morgan fingerprint density at radius 3 is 2.38 bits per heavy atom. The standard InChI is InChI=1S/C12H19NO3/c1-8(2)7-13-11(14)9-5-3-4-6-10(9)12(15)16/h3-4,8-10H,5-7H2,1-2H3,(H,13,14)(H,15,16). The molecule has 16 heavy (non-hydrogen) atoms. The third-order valence-electron chi connectivity index (χ3n) is 2.77. The van der Waals surface area contributed by atoms with Crippen LogP contribution in [0.25, 0.3) is 0 Å². The summed E-state index contributed by atoms with van der Waals surface area (Å²) in [7, 11) is 0. The van der Waals surface area contributed by atoms with Gasteiger partial charge in [0.25, 0.3) is 0 Å². The van der Waals surface area contributed by atoms with Gasteiger partial charge in [-0.25, -0.2) is 0 Å². The van der Waals surface area contributed by atoms with Crippen LogP contribution in [0.1, 0.15) is 26.7 Å². The number of nitrogens with one attached hydrogen (secondary N) is 1. The first-order chi connectivity index (χ1) is 7.52. The second kappa shape index (κ2) is 5.68. The highest BCUT2D eigenvalue weighted by atomic mass is 16.4. The van der Waals surface area contributed by atoms with E-state index in [1.807, 2.05) is 26.0 Å². The molecule has 0 aromatic heterocycles. The van der Waals surface area contributed by atoms with E-state index in [1.54, 1.807) is 0 Å². The predicted molar refractivity (Wildman–Crippen MR) is 60.8 cm³/mol. The number of hydrogen-bond acceptors (Lipinski definition) is 2. The monoisotopic (exact) mass is 225 g/mol. The highest BCUT2D eigenvalue weighted by Crippen LogP contribution is 2.25. The van der Waals surface area contributed by atoms with E-state index in [4.69, 9.17) is 5.11 Å². The maximum atomic E-state index is 11.8. The van der Waals surface area contributed by atoms with E-state index >= 15 is 0 Å². The van der Waals surface area contributed by atoms with Crippen molar-refractivity contribution in [3.63, 3.8) is 0 Å². The average molecular weight is 225 g/mol. The van der Waals surface area contributed by atoms with Crippen molar-refractivity contribution in [2.24, 2.45) is 17.8 Å². The van der Waals surface area contributed by atoms with Crippen molar-refractivity contribution in [1.29, 1.82) is 0 Å². The Balaban J connectivity index is 2.58. The maximum absolute atomic E-state index is 11.8. The van der Waals surface area contributed by atoms with Gasteiger partial charge in [0.1, 0.15) is 0 Å². The minimum absolute atomic E-state index is 0.134. The van der Waals surface area contributed by atoms with E-state index in [1.165, 1.54) is 0 Å². The van der Waals surface area contributed by atoms with Crippen molar-refractivity contribution in [2.45, 2.75) is 26.7 Å². The normalized spacial score (nSPS) is 24.4. The Labute approximate surface area is 95.7 Å². The lowest BCUT2D eigenvalue weighted by Gasteiger charge is -2.24. The molecule has 2 N–H and O–H groups in total. The van der Waals surface area contributed by atoms with Gasteiger partial charge < -0.3 is 10.4 Å². The first kappa shape index (κ1) is 12.7. The van der Waals surface area contributed by atoms with E-state index in [0.717, 1.165) is 0 Å².